The Balaban J connectivity index is 1.98. The van der Waals surface area contributed by atoms with Gasteiger partial charge in [-0.2, -0.15) is 0 Å². The molecule has 0 atom stereocenters. The minimum absolute atomic E-state index is 0.108. The van der Waals surface area contributed by atoms with E-state index in [4.69, 9.17) is 22.1 Å². The van der Waals surface area contributed by atoms with Crippen LogP contribution in [0.3, 0.4) is 0 Å². The molecule has 0 aromatic heterocycles. The van der Waals surface area contributed by atoms with Gasteiger partial charge in [-0.25, -0.2) is 4.39 Å². The maximum Gasteiger partial charge on any atom is 0.262 e. The zero-order chi connectivity index (χ0) is 14.5. The maximum atomic E-state index is 13.4. The van der Waals surface area contributed by atoms with Crippen LogP contribution in [0.4, 0.5) is 15.8 Å². The van der Waals surface area contributed by atoms with Gasteiger partial charge in [-0.3, -0.25) is 4.79 Å². The number of hydrogen-bond acceptors (Lipinski definition) is 3. The van der Waals surface area contributed by atoms with E-state index in [0.29, 0.717) is 11.4 Å². The molecule has 0 fully saturated rings. The second kappa shape index (κ2) is 6.25. The average Bonchev–Trinajstić information content (AvgIpc) is 2.41. The summed E-state index contributed by atoms with van der Waals surface area (Å²) in [7, 11) is 0. The molecule has 0 radical (unpaired) electrons. The van der Waals surface area contributed by atoms with E-state index in [1.165, 1.54) is 18.2 Å². The molecule has 0 saturated heterocycles. The SMILES string of the molecule is Nc1ccccc1NC(=O)COc1c(F)cccc1Cl. The number of nitrogens with one attached hydrogen (secondary N) is 1. The van der Waals surface area contributed by atoms with Gasteiger partial charge >= 0.3 is 0 Å². The molecule has 104 valence electrons. The van der Waals surface area contributed by atoms with Crippen LogP contribution in [0.25, 0.3) is 0 Å². The van der Waals surface area contributed by atoms with Crippen molar-refractivity contribution in [2.45, 2.75) is 0 Å². The van der Waals surface area contributed by atoms with Crippen molar-refractivity contribution in [3.05, 3.63) is 53.3 Å². The Morgan fingerprint density at radius 2 is 2.00 bits per heavy atom. The van der Waals surface area contributed by atoms with Crippen LogP contribution in [0.2, 0.25) is 5.02 Å². The second-order valence-corrected chi connectivity index (χ2v) is 4.38. The molecular formula is C14H12ClFN2O2. The number of amides is 1. The Hall–Kier alpha value is -2.27. The molecule has 4 nitrogen and oxygen atoms in total. The van der Waals surface area contributed by atoms with Crippen LogP contribution in [0.5, 0.6) is 5.75 Å². The van der Waals surface area contributed by atoms with Gasteiger partial charge in [0, 0.05) is 0 Å². The van der Waals surface area contributed by atoms with Gasteiger partial charge in [-0.05, 0) is 24.3 Å². The molecule has 0 spiro atoms. The molecule has 1 amide bonds. The highest BCUT2D eigenvalue weighted by molar-refractivity contribution is 6.32. The fourth-order valence-electron chi connectivity index (χ4n) is 1.56. The zero-order valence-electron chi connectivity index (χ0n) is 10.4. The van der Waals surface area contributed by atoms with Crippen LogP contribution in [0.1, 0.15) is 0 Å². The average molecular weight is 295 g/mol. The molecule has 0 unspecified atom stereocenters. The van der Waals surface area contributed by atoms with E-state index in [2.05, 4.69) is 5.32 Å². The van der Waals surface area contributed by atoms with Crippen molar-refractivity contribution < 1.29 is 13.9 Å². The summed E-state index contributed by atoms with van der Waals surface area (Å²) >= 11 is 5.78. The number of halogens is 2. The molecule has 2 aromatic rings. The van der Waals surface area contributed by atoms with E-state index < -0.39 is 11.7 Å². The summed E-state index contributed by atoms with van der Waals surface area (Å²) in [6.07, 6.45) is 0. The summed E-state index contributed by atoms with van der Waals surface area (Å²) in [5.74, 6) is -1.22. The number of nitrogen functional groups attached to an aromatic ring is 1. The van der Waals surface area contributed by atoms with Crippen molar-refractivity contribution in [2.75, 3.05) is 17.7 Å². The lowest BCUT2D eigenvalue weighted by Gasteiger charge is -2.10. The monoisotopic (exact) mass is 294 g/mol. The number of nitrogens with two attached hydrogens (primary N) is 1. The van der Waals surface area contributed by atoms with E-state index in [-0.39, 0.29) is 17.4 Å². The van der Waals surface area contributed by atoms with E-state index in [9.17, 15) is 9.18 Å². The molecule has 2 rings (SSSR count). The first-order valence-electron chi connectivity index (χ1n) is 5.79. The highest BCUT2D eigenvalue weighted by atomic mass is 35.5. The quantitative estimate of drug-likeness (QED) is 0.852. The van der Waals surface area contributed by atoms with Gasteiger partial charge in [-0.15, -0.1) is 0 Å². The van der Waals surface area contributed by atoms with E-state index in [1.54, 1.807) is 24.3 Å². The first-order valence-corrected chi connectivity index (χ1v) is 6.17. The third-order valence-corrected chi connectivity index (χ3v) is 2.80. The van der Waals surface area contributed by atoms with Crippen molar-refractivity contribution in [2.24, 2.45) is 0 Å². The lowest BCUT2D eigenvalue weighted by Crippen LogP contribution is -2.21. The van der Waals surface area contributed by atoms with Crippen molar-refractivity contribution in [3.63, 3.8) is 0 Å². The Bertz CT molecular complexity index is 614. The summed E-state index contributed by atoms with van der Waals surface area (Å²) in [4.78, 5) is 11.7. The number of hydrogen-bond donors (Lipinski definition) is 2. The third-order valence-electron chi connectivity index (χ3n) is 2.50. The molecule has 0 saturated carbocycles. The van der Waals surface area contributed by atoms with Crippen molar-refractivity contribution in [3.8, 4) is 5.75 Å². The topological polar surface area (TPSA) is 64.3 Å². The van der Waals surface area contributed by atoms with Gasteiger partial charge in [0.15, 0.2) is 18.2 Å². The third kappa shape index (κ3) is 3.39. The minimum Gasteiger partial charge on any atom is -0.479 e. The van der Waals surface area contributed by atoms with Gasteiger partial charge in [-0.1, -0.05) is 29.8 Å². The molecule has 0 aliphatic rings. The predicted molar refractivity (Wildman–Crippen MR) is 76.4 cm³/mol. The van der Waals surface area contributed by atoms with Crippen LogP contribution in [0.15, 0.2) is 42.5 Å². The summed E-state index contributed by atoms with van der Waals surface area (Å²) in [6.45, 7) is -0.366. The Labute approximate surface area is 120 Å². The summed E-state index contributed by atoms with van der Waals surface area (Å²) in [6, 6.07) is 10.9. The van der Waals surface area contributed by atoms with Crippen LogP contribution in [-0.4, -0.2) is 12.5 Å². The first-order chi connectivity index (χ1) is 9.58. The van der Waals surface area contributed by atoms with Crippen LogP contribution in [-0.2, 0) is 4.79 Å². The zero-order valence-corrected chi connectivity index (χ0v) is 11.2. The van der Waals surface area contributed by atoms with Crippen molar-refractivity contribution in [1.29, 1.82) is 0 Å². The highest BCUT2D eigenvalue weighted by Gasteiger charge is 2.11. The summed E-state index contributed by atoms with van der Waals surface area (Å²) in [5, 5.41) is 2.67. The number of benzene rings is 2. The van der Waals surface area contributed by atoms with Gasteiger partial charge in [0.2, 0.25) is 0 Å². The maximum absolute atomic E-state index is 13.4. The number of para-hydroxylation sites is 3. The second-order valence-electron chi connectivity index (χ2n) is 3.97. The van der Waals surface area contributed by atoms with Crippen LogP contribution < -0.4 is 15.8 Å². The van der Waals surface area contributed by atoms with E-state index in [0.717, 1.165) is 0 Å². The molecule has 6 heteroatoms. The largest absolute Gasteiger partial charge is 0.479 e. The van der Waals surface area contributed by atoms with Crippen LogP contribution >= 0.6 is 11.6 Å². The predicted octanol–water partition coefficient (Wildman–Crippen LogP) is 3.08. The fourth-order valence-corrected chi connectivity index (χ4v) is 1.77. The molecule has 2 aromatic carbocycles. The molecule has 3 N–H and O–H groups in total. The van der Waals surface area contributed by atoms with Gasteiger partial charge in [0.05, 0.1) is 16.4 Å². The molecule has 0 heterocycles. The normalized spacial score (nSPS) is 10.1. The standard InChI is InChI=1S/C14H12ClFN2O2/c15-9-4-3-5-10(16)14(9)20-8-13(19)18-12-7-2-1-6-11(12)17/h1-7H,8,17H2,(H,18,19). The molecule has 0 bridgehead atoms. The first kappa shape index (κ1) is 14.1. The number of carbonyl (C=O) groups is 1. The smallest absolute Gasteiger partial charge is 0.262 e. The summed E-state index contributed by atoms with van der Waals surface area (Å²) < 4.78 is 18.5. The lowest BCUT2D eigenvalue weighted by atomic mass is 10.2. The number of carbonyl (C=O) groups excluding carboxylic acids is 1. The Kier molecular flexibility index (Phi) is 4.42. The van der Waals surface area contributed by atoms with Gasteiger partial charge < -0.3 is 15.8 Å². The Morgan fingerprint density at radius 3 is 2.70 bits per heavy atom. The number of rotatable bonds is 4. The van der Waals surface area contributed by atoms with Crippen molar-refractivity contribution in [1.82, 2.24) is 0 Å². The fraction of sp³-hybridized carbons (Fsp3) is 0.0714. The lowest BCUT2D eigenvalue weighted by molar-refractivity contribution is -0.118. The van der Waals surface area contributed by atoms with Crippen LogP contribution in [0, 0.1) is 5.82 Å². The van der Waals surface area contributed by atoms with Crippen molar-refractivity contribution >= 4 is 28.9 Å². The summed E-state index contributed by atoms with van der Waals surface area (Å²) in [5.41, 5.74) is 6.60. The Morgan fingerprint density at radius 1 is 1.25 bits per heavy atom. The molecule has 0 aliphatic carbocycles. The minimum atomic E-state index is -0.621. The van der Waals surface area contributed by atoms with E-state index in [1.807, 2.05) is 0 Å². The number of ether oxygens (including phenoxy) is 1. The van der Waals surface area contributed by atoms with E-state index >= 15 is 0 Å². The highest BCUT2D eigenvalue weighted by Crippen LogP contribution is 2.27. The van der Waals surface area contributed by atoms with Gasteiger partial charge in [0.25, 0.3) is 5.91 Å². The van der Waals surface area contributed by atoms with Gasteiger partial charge in [0.1, 0.15) is 0 Å². The molecule has 0 aliphatic heterocycles. The number of anilines is 2. The molecular weight excluding hydrogens is 283 g/mol. The molecule has 20 heavy (non-hydrogen) atoms.